The van der Waals surface area contributed by atoms with Crippen LogP contribution in [0.4, 0.5) is 5.82 Å². The van der Waals surface area contributed by atoms with Crippen LogP contribution >= 0.6 is 11.6 Å². The number of nitrogens with two attached hydrogens (primary N) is 1. The smallest absolute Gasteiger partial charge is 0.356 e. The highest BCUT2D eigenvalue weighted by Gasteiger charge is 2.10. The van der Waals surface area contributed by atoms with Gasteiger partial charge < -0.3 is 16.2 Å². The fraction of sp³-hybridized carbons (Fsp3) is 0.364. The van der Waals surface area contributed by atoms with Gasteiger partial charge in [-0.3, -0.25) is 4.79 Å². The molecule has 0 aliphatic heterocycles. The molecular weight excluding hydrogens is 258 g/mol. The van der Waals surface area contributed by atoms with E-state index in [2.05, 4.69) is 10.3 Å². The predicted octanol–water partition coefficient (Wildman–Crippen LogP) is 1.50. The second-order valence-corrected chi connectivity index (χ2v) is 4.09. The number of aromatic carboxylic acids is 1. The first kappa shape index (κ1) is 14.2. The summed E-state index contributed by atoms with van der Waals surface area (Å²) in [6.45, 7) is 0.584. The van der Waals surface area contributed by atoms with Gasteiger partial charge in [-0.05, 0) is 25.0 Å². The minimum absolute atomic E-state index is 0.0989. The molecule has 1 amide bonds. The normalized spacial score (nSPS) is 10.1. The van der Waals surface area contributed by atoms with Gasteiger partial charge in [0.05, 0.1) is 5.02 Å². The van der Waals surface area contributed by atoms with Crippen molar-refractivity contribution in [3.8, 4) is 0 Å². The number of rotatable bonds is 7. The summed E-state index contributed by atoms with van der Waals surface area (Å²) in [5.41, 5.74) is 4.82. The van der Waals surface area contributed by atoms with Crippen LogP contribution in [0, 0.1) is 0 Å². The Morgan fingerprint density at radius 2 is 2.11 bits per heavy atom. The predicted molar refractivity (Wildman–Crippen MR) is 67.7 cm³/mol. The number of carboxylic acids is 1. The molecule has 0 atom stereocenters. The second-order valence-electron chi connectivity index (χ2n) is 3.68. The van der Waals surface area contributed by atoms with Crippen LogP contribution < -0.4 is 11.1 Å². The molecule has 0 bridgehead atoms. The van der Waals surface area contributed by atoms with Crippen molar-refractivity contribution in [1.82, 2.24) is 4.98 Å². The maximum atomic E-state index is 10.8. The fourth-order valence-corrected chi connectivity index (χ4v) is 1.52. The Morgan fingerprint density at radius 1 is 1.39 bits per heavy atom. The maximum Gasteiger partial charge on any atom is 0.356 e. The van der Waals surface area contributed by atoms with E-state index in [4.69, 9.17) is 22.4 Å². The molecule has 0 saturated heterocycles. The van der Waals surface area contributed by atoms with E-state index >= 15 is 0 Å². The molecule has 0 aromatic carbocycles. The zero-order valence-corrected chi connectivity index (χ0v) is 10.4. The molecule has 0 spiro atoms. The van der Waals surface area contributed by atoms with E-state index in [-0.39, 0.29) is 16.6 Å². The molecule has 18 heavy (non-hydrogen) atoms. The molecule has 1 heterocycles. The number of carboxylic acid groups (broad SMARTS) is 1. The van der Waals surface area contributed by atoms with Crippen molar-refractivity contribution >= 4 is 29.3 Å². The van der Waals surface area contributed by atoms with Crippen molar-refractivity contribution in [2.75, 3.05) is 11.9 Å². The SMILES string of the molecule is NC(=O)CCCCNc1ccc(Cl)c(C(=O)O)n1. The minimum atomic E-state index is -1.17. The number of pyridine rings is 1. The molecule has 0 unspecified atom stereocenters. The number of unbranched alkanes of at least 4 members (excludes halogenated alkanes) is 1. The van der Waals surface area contributed by atoms with E-state index in [0.717, 1.165) is 6.42 Å². The Balaban J connectivity index is 2.45. The topological polar surface area (TPSA) is 105 Å². The van der Waals surface area contributed by atoms with E-state index in [9.17, 15) is 9.59 Å². The fourth-order valence-electron chi connectivity index (χ4n) is 1.33. The van der Waals surface area contributed by atoms with Gasteiger partial charge in [-0.1, -0.05) is 11.6 Å². The summed E-state index contributed by atoms with van der Waals surface area (Å²) in [5, 5.41) is 11.9. The third-order valence-corrected chi connectivity index (χ3v) is 2.51. The highest BCUT2D eigenvalue weighted by molar-refractivity contribution is 6.33. The Kier molecular flexibility index (Phi) is 5.38. The van der Waals surface area contributed by atoms with Crippen molar-refractivity contribution in [3.05, 3.63) is 22.8 Å². The van der Waals surface area contributed by atoms with Crippen LogP contribution in [0.1, 0.15) is 29.8 Å². The van der Waals surface area contributed by atoms with Crippen LogP contribution in [0.15, 0.2) is 12.1 Å². The van der Waals surface area contributed by atoms with Gasteiger partial charge in [0.2, 0.25) is 5.91 Å². The number of primary amides is 1. The van der Waals surface area contributed by atoms with Gasteiger partial charge in [0.25, 0.3) is 0 Å². The van der Waals surface area contributed by atoms with Crippen LogP contribution in [0.25, 0.3) is 0 Å². The number of anilines is 1. The molecule has 1 aromatic heterocycles. The van der Waals surface area contributed by atoms with Crippen molar-refractivity contribution in [1.29, 1.82) is 0 Å². The standard InChI is InChI=1S/C11H14ClN3O3/c12-7-4-5-9(15-10(7)11(17)18)14-6-2-1-3-8(13)16/h4-5H,1-3,6H2,(H2,13,16)(H,14,15)(H,17,18). The number of nitrogens with one attached hydrogen (secondary N) is 1. The van der Waals surface area contributed by atoms with Crippen molar-refractivity contribution in [2.45, 2.75) is 19.3 Å². The highest BCUT2D eigenvalue weighted by Crippen LogP contribution is 2.16. The number of halogens is 1. The number of hydrogen-bond donors (Lipinski definition) is 3. The average molecular weight is 272 g/mol. The second kappa shape index (κ2) is 6.80. The lowest BCUT2D eigenvalue weighted by atomic mass is 10.2. The maximum absolute atomic E-state index is 10.8. The molecule has 0 aliphatic carbocycles. The number of carbonyl (C=O) groups is 2. The number of carbonyl (C=O) groups excluding carboxylic acids is 1. The van der Waals surface area contributed by atoms with Gasteiger partial charge >= 0.3 is 5.97 Å². The van der Waals surface area contributed by atoms with E-state index in [1.807, 2.05) is 0 Å². The van der Waals surface area contributed by atoms with Gasteiger partial charge in [-0.15, -0.1) is 0 Å². The van der Waals surface area contributed by atoms with Crippen molar-refractivity contribution < 1.29 is 14.7 Å². The largest absolute Gasteiger partial charge is 0.476 e. The molecular formula is C11H14ClN3O3. The zero-order chi connectivity index (χ0) is 13.5. The Morgan fingerprint density at radius 3 is 2.72 bits per heavy atom. The lowest BCUT2D eigenvalue weighted by Crippen LogP contribution is -2.11. The zero-order valence-electron chi connectivity index (χ0n) is 9.65. The molecule has 0 radical (unpaired) electrons. The van der Waals surface area contributed by atoms with Crippen molar-refractivity contribution in [2.24, 2.45) is 5.73 Å². The first-order valence-corrected chi connectivity index (χ1v) is 5.80. The molecule has 6 nitrogen and oxygen atoms in total. The summed E-state index contributed by atoms with van der Waals surface area (Å²) in [5.74, 6) is -1.05. The highest BCUT2D eigenvalue weighted by atomic mass is 35.5. The lowest BCUT2D eigenvalue weighted by molar-refractivity contribution is -0.118. The van der Waals surface area contributed by atoms with E-state index < -0.39 is 5.97 Å². The molecule has 4 N–H and O–H groups in total. The number of hydrogen-bond acceptors (Lipinski definition) is 4. The van der Waals surface area contributed by atoms with Crippen LogP contribution in [0.2, 0.25) is 5.02 Å². The third kappa shape index (κ3) is 4.58. The quantitative estimate of drug-likeness (QED) is 0.652. The molecule has 7 heteroatoms. The van der Waals surface area contributed by atoms with Crippen molar-refractivity contribution in [3.63, 3.8) is 0 Å². The Hall–Kier alpha value is -1.82. The molecule has 1 aromatic rings. The van der Waals surface area contributed by atoms with E-state index in [0.29, 0.717) is 25.2 Å². The van der Waals surface area contributed by atoms with Gasteiger partial charge in [0, 0.05) is 13.0 Å². The average Bonchev–Trinajstić information content (AvgIpc) is 2.30. The van der Waals surface area contributed by atoms with Gasteiger partial charge in [0.15, 0.2) is 5.69 Å². The van der Waals surface area contributed by atoms with E-state index in [1.54, 1.807) is 6.07 Å². The minimum Gasteiger partial charge on any atom is -0.476 e. The van der Waals surface area contributed by atoms with Crippen LogP contribution in [0.5, 0.6) is 0 Å². The molecule has 0 aliphatic rings. The summed E-state index contributed by atoms with van der Waals surface area (Å²) < 4.78 is 0. The van der Waals surface area contributed by atoms with Crippen LogP contribution in [-0.4, -0.2) is 28.5 Å². The lowest BCUT2D eigenvalue weighted by Gasteiger charge is -2.06. The Bertz CT molecular complexity index is 451. The van der Waals surface area contributed by atoms with Crippen LogP contribution in [0.3, 0.4) is 0 Å². The van der Waals surface area contributed by atoms with Gasteiger partial charge in [0.1, 0.15) is 5.82 Å². The molecule has 0 saturated carbocycles. The van der Waals surface area contributed by atoms with Gasteiger partial charge in [-0.2, -0.15) is 0 Å². The molecule has 0 fully saturated rings. The summed E-state index contributed by atoms with van der Waals surface area (Å²) in [6, 6.07) is 3.08. The molecule has 98 valence electrons. The summed E-state index contributed by atoms with van der Waals surface area (Å²) in [7, 11) is 0. The third-order valence-electron chi connectivity index (χ3n) is 2.20. The Labute approximate surface area is 109 Å². The first-order chi connectivity index (χ1) is 8.50. The van der Waals surface area contributed by atoms with E-state index in [1.165, 1.54) is 6.07 Å². The summed E-state index contributed by atoms with van der Waals surface area (Å²) in [6.07, 6.45) is 1.77. The summed E-state index contributed by atoms with van der Waals surface area (Å²) >= 11 is 5.69. The molecule has 1 rings (SSSR count). The van der Waals surface area contributed by atoms with Crippen LogP contribution in [-0.2, 0) is 4.79 Å². The first-order valence-electron chi connectivity index (χ1n) is 5.42. The monoisotopic (exact) mass is 271 g/mol. The number of nitrogens with zero attached hydrogens (tertiary/aromatic N) is 1. The number of aromatic nitrogens is 1. The number of amides is 1. The van der Waals surface area contributed by atoms with Gasteiger partial charge in [-0.25, -0.2) is 9.78 Å². The summed E-state index contributed by atoms with van der Waals surface area (Å²) in [4.78, 5) is 25.2.